The molecular formula is C26H25FN6O3S. The third-order valence-electron chi connectivity index (χ3n) is 7.06. The number of aryl methyl sites for hydroxylation is 1. The molecule has 0 saturated heterocycles. The zero-order chi connectivity index (χ0) is 25.9. The number of amides is 1. The number of anilines is 1. The number of nitrogens with one attached hydrogen (secondary N) is 1. The summed E-state index contributed by atoms with van der Waals surface area (Å²) in [7, 11) is -3.23. The molecule has 37 heavy (non-hydrogen) atoms. The van der Waals surface area contributed by atoms with Gasteiger partial charge < -0.3 is 5.32 Å². The number of nitrogens with zero attached hydrogens (tertiary/aromatic N) is 5. The molecule has 9 nitrogen and oxygen atoms in total. The summed E-state index contributed by atoms with van der Waals surface area (Å²) < 4.78 is 41.3. The predicted octanol–water partition coefficient (Wildman–Crippen LogP) is 3.43. The summed E-state index contributed by atoms with van der Waals surface area (Å²) in [6.45, 7) is 3.71. The summed E-state index contributed by atoms with van der Waals surface area (Å²) >= 11 is 0. The van der Waals surface area contributed by atoms with Gasteiger partial charge in [0.1, 0.15) is 17.3 Å². The van der Waals surface area contributed by atoms with Crippen molar-refractivity contribution < 1.29 is 17.6 Å². The number of carbonyl (C=O) groups is 1. The minimum Gasteiger partial charge on any atom is -0.310 e. The lowest BCUT2D eigenvalue weighted by Crippen LogP contribution is -2.28. The minimum absolute atomic E-state index is 0.0468. The summed E-state index contributed by atoms with van der Waals surface area (Å²) in [6.07, 6.45) is 3.19. The number of aromatic nitrogens is 5. The van der Waals surface area contributed by atoms with Crippen molar-refractivity contribution in [1.29, 1.82) is 0 Å². The van der Waals surface area contributed by atoms with Crippen LogP contribution in [0, 0.1) is 5.82 Å². The molecule has 190 valence electrons. The van der Waals surface area contributed by atoms with Crippen molar-refractivity contribution in [2.45, 2.75) is 50.3 Å². The molecule has 0 radical (unpaired) electrons. The first-order valence-electron chi connectivity index (χ1n) is 12.1. The van der Waals surface area contributed by atoms with Gasteiger partial charge in [-0.15, -0.1) is 0 Å². The Hall–Kier alpha value is -3.73. The fraction of sp³-hybridized carbons (Fsp3) is 0.346. The Morgan fingerprint density at radius 2 is 1.92 bits per heavy atom. The van der Waals surface area contributed by atoms with Crippen LogP contribution in [0.3, 0.4) is 0 Å². The second kappa shape index (κ2) is 8.41. The fourth-order valence-electron chi connectivity index (χ4n) is 4.82. The van der Waals surface area contributed by atoms with Gasteiger partial charge in [-0.25, -0.2) is 32.4 Å². The van der Waals surface area contributed by atoms with Gasteiger partial charge in [0.25, 0.3) is 0 Å². The lowest BCUT2D eigenvalue weighted by Gasteiger charge is -2.18. The summed E-state index contributed by atoms with van der Waals surface area (Å²) in [5.41, 5.74) is 1.63. The van der Waals surface area contributed by atoms with E-state index < -0.39 is 15.3 Å². The average Bonchev–Trinajstić information content (AvgIpc) is 3.63. The van der Waals surface area contributed by atoms with Gasteiger partial charge in [0, 0.05) is 23.7 Å². The molecule has 1 saturated carbocycles. The maximum Gasteiger partial charge on any atom is 0.235 e. The van der Waals surface area contributed by atoms with E-state index >= 15 is 0 Å². The molecule has 0 bridgehead atoms. The summed E-state index contributed by atoms with van der Waals surface area (Å²) in [5.74, 6) is -0.00627. The zero-order valence-corrected chi connectivity index (χ0v) is 21.2. The van der Waals surface area contributed by atoms with Crippen molar-refractivity contribution in [2.24, 2.45) is 0 Å². The minimum atomic E-state index is -3.23. The van der Waals surface area contributed by atoms with E-state index in [2.05, 4.69) is 15.3 Å². The highest BCUT2D eigenvalue weighted by molar-refractivity contribution is 7.92. The maximum atomic E-state index is 14.4. The van der Waals surface area contributed by atoms with Crippen molar-refractivity contribution >= 4 is 32.6 Å². The van der Waals surface area contributed by atoms with Gasteiger partial charge in [-0.1, -0.05) is 18.2 Å². The largest absolute Gasteiger partial charge is 0.310 e. The van der Waals surface area contributed by atoms with Gasteiger partial charge in [0.2, 0.25) is 5.91 Å². The lowest BCUT2D eigenvalue weighted by molar-refractivity contribution is -0.119. The number of halogens is 1. The highest BCUT2D eigenvalue weighted by Crippen LogP contribution is 2.40. The molecule has 1 aromatic carbocycles. The molecule has 6 rings (SSSR count). The average molecular weight is 521 g/mol. The number of pyridine rings is 1. The van der Waals surface area contributed by atoms with E-state index in [1.165, 1.54) is 6.07 Å². The zero-order valence-electron chi connectivity index (χ0n) is 20.4. The smallest absolute Gasteiger partial charge is 0.235 e. The number of rotatable bonds is 7. The van der Waals surface area contributed by atoms with Crippen LogP contribution in [-0.4, -0.2) is 50.1 Å². The number of fused-ring (bicyclic) bond motifs is 2. The van der Waals surface area contributed by atoms with Crippen molar-refractivity contribution in [3.63, 3.8) is 0 Å². The molecule has 0 spiro atoms. The van der Waals surface area contributed by atoms with Crippen LogP contribution in [-0.2, 0) is 33.0 Å². The van der Waals surface area contributed by atoms with Crippen molar-refractivity contribution in [3.05, 3.63) is 65.2 Å². The Balaban J connectivity index is 1.47. The topological polar surface area (TPSA) is 120 Å². The van der Waals surface area contributed by atoms with E-state index in [-0.39, 0.29) is 41.5 Å². The Labute approximate surface area is 213 Å². The summed E-state index contributed by atoms with van der Waals surface area (Å²) in [4.78, 5) is 26.6. The second-order valence-electron chi connectivity index (χ2n) is 10.1. The van der Waals surface area contributed by atoms with E-state index in [0.717, 1.165) is 0 Å². The molecule has 1 aliphatic heterocycles. The van der Waals surface area contributed by atoms with Crippen molar-refractivity contribution in [2.75, 3.05) is 11.1 Å². The molecule has 11 heteroatoms. The van der Waals surface area contributed by atoms with Crippen LogP contribution in [0.25, 0.3) is 22.6 Å². The first-order chi connectivity index (χ1) is 17.6. The first kappa shape index (κ1) is 23.7. The van der Waals surface area contributed by atoms with Gasteiger partial charge in [0.05, 0.1) is 34.0 Å². The van der Waals surface area contributed by atoms with Crippen LogP contribution in [0.2, 0.25) is 0 Å². The van der Waals surface area contributed by atoms with E-state index in [4.69, 9.17) is 10.1 Å². The van der Waals surface area contributed by atoms with Crippen LogP contribution in [0.4, 0.5) is 10.2 Å². The lowest BCUT2D eigenvalue weighted by atomic mass is 9.85. The van der Waals surface area contributed by atoms with Crippen LogP contribution in [0.15, 0.2) is 42.6 Å². The Bertz CT molecular complexity index is 1680. The van der Waals surface area contributed by atoms with Crippen LogP contribution >= 0.6 is 0 Å². The summed E-state index contributed by atoms with van der Waals surface area (Å²) in [6, 6.07) is 10.1. The number of carbonyl (C=O) groups excluding carboxylic acids is 1. The van der Waals surface area contributed by atoms with Gasteiger partial charge in [0.15, 0.2) is 21.3 Å². The van der Waals surface area contributed by atoms with Crippen LogP contribution < -0.4 is 5.32 Å². The monoisotopic (exact) mass is 520 g/mol. The second-order valence-corrected chi connectivity index (χ2v) is 12.5. The van der Waals surface area contributed by atoms with Crippen molar-refractivity contribution in [3.8, 4) is 11.5 Å². The standard InChI is InChI=1S/C26H25FN6O3S/c1-26(2)20-19(11-13-37(35,36)16-9-10-16)29-23(30-22(20)31-25(26)34)21-17-7-5-12-28-24(17)33(32-21)14-15-6-3-4-8-18(15)27/h3-8,12,16H,9-11,13-14H2,1-2H3,(H,29,30,31,34). The maximum absolute atomic E-state index is 14.4. The van der Waals surface area contributed by atoms with E-state index in [0.29, 0.717) is 52.2 Å². The molecule has 4 aromatic rings. The molecule has 2 aliphatic rings. The normalized spacial score (nSPS) is 16.7. The van der Waals surface area contributed by atoms with Crippen LogP contribution in [0.5, 0.6) is 0 Å². The number of benzene rings is 1. The highest BCUT2D eigenvalue weighted by atomic mass is 32.2. The Kier molecular flexibility index (Phi) is 5.37. The summed E-state index contributed by atoms with van der Waals surface area (Å²) in [5, 5.41) is 7.92. The number of hydrogen-bond donors (Lipinski definition) is 1. The van der Waals surface area contributed by atoms with Gasteiger partial charge >= 0.3 is 0 Å². The molecule has 1 amide bonds. The van der Waals surface area contributed by atoms with E-state index in [1.54, 1.807) is 49.0 Å². The molecule has 3 aromatic heterocycles. The Morgan fingerprint density at radius 1 is 1.14 bits per heavy atom. The number of hydrogen-bond acceptors (Lipinski definition) is 7. The molecule has 0 unspecified atom stereocenters. The van der Waals surface area contributed by atoms with Gasteiger partial charge in [-0.05, 0) is 44.9 Å². The van der Waals surface area contributed by atoms with E-state index in [9.17, 15) is 17.6 Å². The van der Waals surface area contributed by atoms with E-state index in [1.807, 2.05) is 6.07 Å². The third kappa shape index (κ3) is 4.07. The van der Waals surface area contributed by atoms with Gasteiger partial charge in [-0.2, -0.15) is 5.10 Å². The van der Waals surface area contributed by atoms with Gasteiger partial charge in [-0.3, -0.25) is 4.79 Å². The van der Waals surface area contributed by atoms with Crippen molar-refractivity contribution in [1.82, 2.24) is 24.7 Å². The third-order valence-corrected chi connectivity index (χ3v) is 9.32. The highest BCUT2D eigenvalue weighted by Gasteiger charge is 2.43. The molecular weight excluding hydrogens is 495 g/mol. The molecule has 1 aliphatic carbocycles. The molecule has 1 fully saturated rings. The Morgan fingerprint density at radius 3 is 2.68 bits per heavy atom. The molecule has 0 atom stereocenters. The molecule has 1 N–H and O–H groups in total. The SMILES string of the molecule is CC1(C)C(=O)Nc2nc(-c3nn(Cc4ccccc4F)c4ncccc34)nc(CCS(=O)(=O)C3CC3)c21. The predicted molar refractivity (Wildman–Crippen MR) is 136 cm³/mol. The first-order valence-corrected chi connectivity index (χ1v) is 13.9. The number of sulfone groups is 1. The van der Waals surface area contributed by atoms with Crippen LogP contribution in [0.1, 0.15) is 43.5 Å². The molecule has 4 heterocycles. The quantitative estimate of drug-likeness (QED) is 0.396. The fourth-order valence-corrected chi connectivity index (χ4v) is 6.49.